The molecule has 4 unspecified atom stereocenters. The molecule has 2 aliphatic heterocycles. The summed E-state index contributed by atoms with van der Waals surface area (Å²) < 4.78 is 16.8. The largest absolute Gasteiger partial charge is 0.382 e. The maximum Gasteiger partial charge on any atom is 0.132 e. The number of ether oxygens (including phenoxy) is 3. The normalized spacial score (nSPS) is 33.9. The second kappa shape index (κ2) is 8.79. The maximum absolute atomic E-state index is 6.01. The van der Waals surface area contributed by atoms with Crippen molar-refractivity contribution in [2.24, 2.45) is 5.92 Å². The van der Waals surface area contributed by atoms with Gasteiger partial charge < -0.3 is 19.1 Å². The lowest BCUT2D eigenvalue weighted by Crippen LogP contribution is -2.41. The summed E-state index contributed by atoms with van der Waals surface area (Å²) in [6.45, 7) is 5.91. The molecule has 0 amide bonds. The summed E-state index contributed by atoms with van der Waals surface area (Å²) in [7, 11) is 1.71. The molecule has 8 heteroatoms. The molecule has 0 aromatic carbocycles. The van der Waals surface area contributed by atoms with Crippen molar-refractivity contribution < 1.29 is 14.2 Å². The molecule has 3 heterocycles. The number of nitrogens with one attached hydrogen (secondary N) is 2. The zero-order valence-corrected chi connectivity index (χ0v) is 16.3. The standard InChI is InChI=1S/C19H31N5O3/c1-13-11-24(5-6-26-13)18-10-17(20-12-21-18)19-15-9-14(27-8-7-25-2)3-4-16(15)22-23-19/h10,12-16,19,22-23H,3-9,11H2,1-2H3/t13-,14?,15?,16?,19?/m1/s1. The molecule has 5 atom stereocenters. The topological polar surface area (TPSA) is 80.8 Å². The van der Waals surface area contributed by atoms with Crippen LogP contribution in [0.5, 0.6) is 0 Å². The van der Waals surface area contributed by atoms with Gasteiger partial charge in [0, 0.05) is 38.2 Å². The van der Waals surface area contributed by atoms with Crippen molar-refractivity contribution in [3.63, 3.8) is 0 Å². The van der Waals surface area contributed by atoms with Gasteiger partial charge in [0.1, 0.15) is 12.1 Å². The minimum Gasteiger partial charge on any atom is -0.382 e. The van der Waals surface area contributed by atoms with E-state index in [4.69, 9.17) is 14.2 Å². The van der Waals surface area contributed by atoms with Gasteiger partial charge in [0.05, 0.1) is 43.8 Å². The number of anilines is 1. The molecule has 1 aliphatic carbocycles. The number of nitrogens with zero attached hydrogens (tertiary/aromatic N) is 3. The Kier molecular flexibility index (Phi) is 6.19. The van der Waals surface area contributed by atoms with Crippen LogP contribution in [-0.2, 0) is 14.2 Å². The van der Waals surface area contributed by atoms with E-state index < -0.39 is 0 Å². The molecule has 8 nitrogen and oxygen atoms in total. The Morgan fingerprint density at radius 3 is 3.04 bits per heavy atom. The highest BCUT2D eigenvalue weighted by molar-refractivity contribution is 5.40. The van der Waals surface area contributed by atoms with Gasteiger partial charge in [-0.05, 0) is 26.2 Å². The molecule has 3 aliphatic rings. The molecule has 3 fully saturated rings. The van der Waals surface area contributed by atoms with Gasteiger partial charge >= 0.3 is 0 Å². The first kappa shape index (κ1) is 19.0. The average Bonchev–Trinajstić information content (AvgIpc) is 3.12. The highest BCUT2D eigenvalue weighted by atomic mass is 16.5. The molecule has 4 rings (SSSR count). The molecule has 1 saturated carbocycles. The van der Waals surface area contributed by atoms with Gasteiger partial charge in [0.25, 0.3) is 0 Å². The van der Waals surface area contributed by atoms with Gasteiger partial charge in [-0.1, -0.05) is 0 Å². The number of methoxy groups -OCH3 is 1. The fourth-order valence-electron chi connectivity index (χ4n) is 4.49. The van der Waals surface area contributed by atoms with Crippen LogP contribution in [0.1, 0.15) is 37.9 Å². The fraction of sp³-hybridized carbons (Fsp3) is 0.789. The Balaban J connectivity index is 1.44. The predicted octanol–water partition coefficient (Wildman–Crippen LogP) is 1.05. The summed E-state index contributed by atoms with van der Waals surface area (Å²) in [5.41, 5.74) is 8.01. The van der Waals surface area contributed by atoms with Crippen LogP contribution in [0.2, 0.25) is 0 Å². The van der Waals surface area contributed by atoms with E-state index in [0.29, 0.717) is 31.3 Å². The van der Waals surface area contributed by atoms with Crippen molar-refractivity contribution >= 4 is 5.82 Å². The lowest BCUT2D eigenvalue weighted by Gasteiger charge is -2.34. The number of hydrogen-bond acceptors (Lipinski definition) is 8. The minimum absolute atomic E-state index is 0.184. The molecule has 150 valence electrons. The molecule has 2 N–H and O–H groups in total. The fourth-order valence-corrected chi connectivity index (χ4v) is 4.49. The first-order valence-corrected chi connectivity index (χ1v) is 10.0. The third kappa shape index (κ3) is 4.41. The third-order valence-corrected chi connectivity index (χ3v) is 5.90. The van der Waals surface area contributed by atoms with Crippen LogP contribution < -0.4 is 15.8 Å². The van der Waals surface area contributed by atoms with E-state index in [1.54, 1.807) is 13.4 Å². The van der Waals surface area contributed by atoms with Crippen molar-refractivity contribution in [2.75, 3.05) is 44.9 Å². The minimum atomic E-state index is 0.184. The molecular weight excluding hydrogens is 346 g/mol. The summed E-state index contributed by atoms with van der Waals surface area (Å²) in [5, 5.41) is 0. The molecule has 0 bridgehead atoms. The number of hydrazine groups is 1. The second-order valence-electron chi connectivity index (χ2n) is 7.76. The van der Waals surface area contributed by atoms with Gasteiger partial charge in [-0.15, -0.1) is 0 Å². The van der Waals surface area contributed by atoms with Gasteiger partial charge in [-0.3, -0.25) is 5.43 Å². The van der Waals surface area contributed by atoms with Crippen LogP contribution in [0, 0.1) is 5.92 Å². The molecule has 1 aromatic heterocycles. The Hall–Kier alpha value is -1.32. The summed E-state index contributed by atoms with van der Waals surface area (Å²) in [6, 6.07) is 2.79. The monoisotopic (exact) mass is 377 g/mol. The van der Waals surface area contributed by atoms with E-state index in [9.17, 15) is 0 Å². The van der Waals surface area contributed by atoms with E-state index in [0.717, 1.165) is 50.5 Å². The second-order valence-corrected chi connectivity index (χ2v) is 7.76. The summed E-state index contributed by atoms with van der Waals surface area (Å²) in [5.74, 6) is 1.46. The highest BCUT2D eigenvalue weighted by Gasteiger charge is 2.42. The van der Waals surface area contributed by atoms with Crippen molar-refractivity contribution in [2.45, 2.75) is 50.5 Å². The van der Waals surface area contributed by atoms with E-state index >= 15 is 0 Å². The van der Waals surface area contributed by atoms with E-state index in [1.165, 1.54) is 0 Å². The van der Waals surface area contributed by atoms with E-state index in [2.05, 4.69) is 38.7 Å². The number of hydrogen-bond donors (Lipinski definition) is 2. The van der Waals surface area contributed by atoms with Crippen LogP contribution in [-0.4, -0.2) is 68.2 Å². The summed E-state index contributed by atoms with van der Waals surface area (Å²) in [4.78, 5) is 11.4. The highest BCUT2D eigenvalue weighted by Crippen LogP contribution is 2.38. The molecule has 0 spiro atoms. The maximum atomic E-state index is 6.01. The number of fused-ring (bicyclic) bond motifs is 1. The number of aromatic nitrogens is 2. The van der Waals surface area contributed by atoms with Crippen molar-refractivity contribution in [1.29, 1.82) is 0 Å². The first-order chi connectivity index (χ1) is 13.2. The average molecular weight is 377 g/mol. The Morgan fingerprint density at radius 2 is 2.19 bits per heavy atom. The van der Waals surface area contributed by atoms with Crippen LogP contribution >= 0.6 is 0 Å². The molecule has 27 heavy (non-hydrogen) atoms. The van der Waals surface area contributed by atoms with Crippen molar-refractivity contribution in [3.05, 3.63) is 18.1 Å². The lowest BCUT2D eigenvalue weighted by atomic mass is 9.79. The molecule has 1 aromatic rings. The van der Waals surface area contributed by atoms with Crippen molar-refractivity contribution in [3.8, 4) is 0 Å². The van der Waals surface area contributed by atoms with Crippen LogP contribution in [0.25, 0.3) is 0 Å². The summed E-state index contributed by atoms with van der Waals surface area (Å²) >= 11 is 0. The zero-order chi connectivity index (χ0) is 18.6. The van der Waals surface area contributed by atoms with Gasteiger partial charge in [0.2, 0.25) is 0 Å². The van der Waals surface area contributed by atoms with Crippen LogP contribution in [0.4, 0.5) is 5.82 Å². The van der Waals surface area contributed by atoms with Crippen molar-refractivity contribution in [1.82, 2.24) is 20.8 Å². The molecule has 0 radical (unpaired) electrons. The number of rotatable bonds is 6. The first-order valence-electron chi connectivity index (χ1n) is 10.0. The lowest BCUT2D eigenvalue weighted by molar-refractivity contribution is -0.0151. The summed E-state index contributed by atoms with van der Waals surface area (Å²) in [6.07, 6.45) is 5.46. The number of morpholine rings is 1. The molecule has 2 saturated heterocycles. The van der Waals surface area contributed by atoms with Crippen LogP contribution in [0.15, 0.2) is 12.4 Å². The smallest absolute Gasteiger partial charge is 0.132 e. The van der Waals surface area contributed by atoms with Gasteiger partial charge in [0.15, 0.2) is 0 Å². The van der Waals surface area contributed by atoms with Gasteiger partial charge in [-0.2, -0.15) is 0 Å². The molecular formula is C19H31N5O3. The third-order valence-electron chi connectivity index (χ3n) is 5.90. The Bertz CT molecular complexity index is 619. The Morgan fingerprint density at radius 1 is 1.26 bits per heavy atom. The van der Waals surface area contributed by atoms with Crippen LogP contribution in [0.3, 0.4) is 0 Å². The van der Waals surface area contributed by atoms with Gasteiger partial charge in [-0.25, -0.2) is 15.4 Å². The van der Waals surface area contributed by atoms with E-state index in [1.807, 2.05) is 0 Å². The predicted molar refractivity (Wildman–Crippen MR) is 101 cm³/mol. The Labute approximate surface area is 160 Å². The SMILES string of the molecule is COCCOC1CCC2NNC(c3cc(N4CCO[C@H](C)C4)ncn3)C2C1. The quantitative estimate of drug-likeness (QED) is 0.712. The van der Waals surface area contributed by atoms with E-state index in [-0.39, 0.29) is 12.1 Å². The zero-order valence-electron chi connectivity index (χ0n) is 16.3.